The van der Waals surface area contributed by atoms with Crippen molar-refractivity contribution in [3.05, 3.63) is 41.2 Å². The van der Waals surface area contributed by atoms with Crippen LogP contribution < -0.4 is 5.32 Å². The predicted molar refractivity (Wildman–Crippen MR) is 77.7 cm³/mol. The average Bonchev–Trinajstić information content (AvgIpc) is 2.90. The normalized spacial score (nSPS) is 17.9. The molecule has 20 heavy (non-hydrogen) atoms. The minimum Gasteiger partial charge on any atom is -0.388 e. The Morgan fingerprint density at radius 1 is 1.35 bits per heavy atom. The quantitative estimate of drug-likeness (QED) is 0.900. The van der Waals surface area contributed by atoms with E-state index >= 15 is 0 Å². The smallest absolute Gasteiger partial charge is 0.222 e. The van der Waals surface area contributed by atoms with E-state index in [0.717, 1.165) is 18.9 Å². The first kappa shape index (κ1) is 13.1. The summed E-state index contributed by atoms with van der Waals surface area (Å²) in [6.07, 6.45) is 0.974. The molecule has 0 saturated carbocycles. The van der Waals surface area contributed by atoms with Gasteiger partial charge in [0.15, 0.2) is 5.82 Å². The Morgan fingerprint density at radius 2 is 2.10 bits per heavy atom. The molecule has 0 radical (unpaired) electrons. The number of hydrogen-bond acceptors (Lipinski definition) is 4. The van der Waals surface area contributed by atoms with Crippen LogP contribution in [0.3, 0.4) is 0 Å². The maximum absolute atomic E-state index is 9.17. The van der Waals surface area contributed by atoms with E-state index in [9.17, 15) is 5.11 Å². The molecule has 5 nitrogen and oxygen atoms in total. The average molecular weight is 272 g/mol. The third-order valence-electron chi connectivity index (χ3n) is 3.80. The van der Waals surface area contributed by atoms with Crippen LogP contribution in [0.4, 0.5) is 5.95 Å². The number of anilines is 1. The first-order chi connectivity index (χ1) is 9.69. The lowest BCUT2D eigenvalue weighted by atomic mass is 9.97. The zero-order valence-corrected chi connectivity index (χ0v) is 11.9. The van der Waals surface area contributed by atoms with E-state index in [1.807, 2.05) is 4.68 Å². The molecule has 0 spiro atoms. The molecule has 106 valence electrons. The van der Waals surface area contributed by atoms with E-state index < -0.39 is 0 Å². The summed E-state index contributed by atoms with van der Waals surface area (Å²) >= 11 is 0. The Balaban J connectivity index is 1.93. The van der Waals surface area contributed by atoms with E-state index in [1.165, 1.54) is 11.1 Å². The van der Waals surface area contributed by atoms with Crippen molar-refractivity contribution >= 4 is 5.95 Å². The molecule has 0 fully saturated rings. The Labute approximate surface area is 118 Å². The molecule has 5 heteroatoms. The van der Waals surface area contributed by atoms with Crippen molar-refractivity contribution < 1.29 is 5.11 Å². The second-order valence-electron chi connectivity index (χ2n) is 5.51. The van der Waals surface area contributed by atoms with Crippen LogP contribution in [0.5, 0.6) is 0 Å². The third-order valence-corrected chi connectivity index (χ3v) is 3.80. The molecule has 3 rings (SSSR count). The van der Waals surface area contributed by atoms with Gasteiger partial charge in [0.2, 0.25) is 5.95 Å². The van der Waals surface area contributed by atoms with Crippen LogP contribution >= 0.6 is 0 Å². The second-order valence-corrected chi connectivity index (χ2v) is 5.51. The number of rotatable bonds is 3. The van der Waals surface area contributed by atoms with Crippen molar-refractivity contribution in [2.75, 3.05) is 11.9 Å². The van der Waals surface area contributed by atoms with E-state index in [2.05, 4.69) is 53.5 Å². The Morgan fingerprint density at radius 3 is 2.75 bits per heavy atom. The fourth-order valence-corrected chi connectivity index (χ4v) is 2.63. The standard InChI is InChI=1S/C15H20N4O/c1-10(2)11-3-5-12(6-4-11)13-7-8-16-15-17-14(9-20)18-19(13)15/h3-6,10,13,20H,7-9H2,1-2H3,(H,16,17,18). The summed E-state index contributed by atoms with van der Waals surface area (Å²) in [5, 5.41) is 16.8. The summed E-state index contributed by atoms with van der Waals surface area (Å²) in [6, 6.07) is 8.92. The number of aliphatic hydroxyl groups excluding tert-OH is 1. The highest BCUT2D eigenvalue weighted by molar-refractivity contribution is 5.34. The molecular weight excluding hydrogens is 252 g/mol. The second kappa shape index (κ2) is 5.25. The summed E-state index contributed by atoms with van der Waals surface area (Å²) in [5.41, 5.74) is 2.59. The van der Waals surface area contributed by atoms with Crippen molar-refractivity contribution in [1.82, 2.24) is 14.8 Å². The molecule has 1 unspecified atom stereocenters. The number of benzene rings is 1. The van der Waals surface area contributed by atoms with Crippen molar-refractivity contribution in [2.45, 2.75) is 38.8 Å². The number of fused-ring (bicyclic) bond motifs is 1. The van der Waals surface area contributed by atoms with Gasteiger partial charge in [0.05, 0.1) is 6.04 Å². The monoisotopic (exact) mass is 272 g/mol. The van der Waals surface area contributed by atoms with Crippen molar-refractivity contribution in [3.8, 4) is 0 Å². The van der Waals surface area contributed by atoms with Gasteiger partial charge in [-0.25, -0.2) is 4.68 Å². The lowest BCUT2D eigenvalue weighted by molar-refractivity contribution is 0.270. The Bertz CT molecular complexity index is 588. The summed E-state index contributed by atoms with van der Waals surface area (Å²) < 4.78 is 1.89. The van der Waals surface area contributed by atoms with Crippen LogP contribution in [0.15, 0.2) is 24.3 Å². The van der Waals surface area contributed by atoms with Gasteiger partial charge in [0, 0.05) is 6.54 Å². The largest absolute Gasteiger partial charge is 0.388 e. The molecule has 1 aliphatic heterocycles. The fraction of sp³-hybridized carbons (Fsp3) is 0.467. The zero-order valence-electron chi connectivity index (χ0n) is 11.9. The Hall–Kier alpha value is -1.88. The van der Waals surface area contributed by atoms with Gasteiger partial charge in [-0.3, -0.25) is 0 Å². The van der Waals surface area contributed by atoms with Crippen molar-refractivity contribution in [2.24, 2.45) is 0 Å². The van der Waals surface area contributed by atoms with Gasteiger partial charge in [-0.1, -0.05) is 38.1 Å². The fourth-order valence-electron chi connectivity index (χ4n) is 2.63. The summed E-state index contributed by atoms with van der Waals surface area (Å²) in [4.78, 5) is 4.28. The van der Waals surface area contributed by atoms with E-state index in [-0.39, 0.29) is 12.6 Å². The Kier molecular flexibility index (Phi) is 3.44. The molecule has 0 amide bonds. The van der Waals surface area contributed by atoms with Crippen LogP contribution in [0.2, 0.25) is 0 Å². The first-order valence-corrected chi connectivity index (χ1v) is 7.09. The van der Waals surface area contributed by atoms with Gasteiger partial charge >= 0.3 is 0 Å². The number of hydrogen-bond donors (Lipinski definition) is 2. The van der Waals surface area contributed by atoms with Gasteiger partial charge in [0.1, 0.15) is 6.61 Å². The number of aliphatic hydroxyl groups is 1. The molecule has 2 N–H and O–H groups in total. The highest BCUT2D eigenvalue weighted by atomic mass is 16.3. The molecule has 0 aliphatic carbocycles. The molecule has 1 aliphatic rings. The lowest BCUT2D eigenvalue weighted by Gasteiger charge is -2.25. The van der Waals surface area contributed by atoms with E-state index in [4.69, 9.17) is 0 Å². The molecule has 0 bridgehead atoms. The maximum Gasteiger partial charge on any atom is 0.222 e. The minimum atomic E-state index is -0.124. The predicted octanol–water partition coefficient (Wildman–Crippen LogP) is 2.30. The van der Waals surface area contributed by atoms with Gasteiger partial charge in [-0.15, -0.1) is 0 Å². The SMILES string of the molecule is CC(C)c1ccc(C2CCNc3nc(CO)nn32)cc1. The van der Waals surface area contributed by atoms with Crippen LogP contribution in [0, 0.1) is 0 Å². The summed E-state index contributed by atoms with van der Waals surface area (Å²) in [5.74, 6) is 1.76. The molecule has 1 aromatic carbocycles. The number of nitrogens with one attached hydrogen (secondary N) is 1. The number of aromatic nitrogens is 3. The third kappa shape index (κ3) is 2.29. The maximum atomic E-state index is 9.17. The van der Waals surface area contributed by atoms with Crippen LogP contribution in [-0.2, 0) is 6.61 Å². The van der Waals surface area contributed by atoms with Crippen LogP contribution in [0.1, 0.15) is 49.2 Å². The van der Waals surface area contributed by atoms with Gasteiger partial charge in [-0.2, -0.15) is 10.1 Å². The van der Waals surface area contributed by atoms with Gasteiger partial charge in [0.25, 0.3) is 0 Å². The summed E-state index contributed by atoms with van der Waals surface area (Å²) in [7, 11) is 0. The first-order valence-electron chi connectivity index (χ1n) is 7.09. The van der Waals surface area contributed by atoms with Crippen molar-refractivity contribution in [1.29, 1.82) is 0 Å². The number of nitrogens with zero attached hydrogens (tertiary/aromatic N) is 3. The molecule has 1 atom stereocenters. The highest BCUT2D eigenvalue weighted by Gasteiger charge is 2.24. The highest BCUT2D eigenvalue weighted by Crippen LogP contribution is 2.29. The molecular formula is C15H20N4O. The molecule has 0 saturated heterocycles. The van der Waals surface area contributed by atoms with Crippen LogP contribution in [0.25, 0.3) is 0 Å². The zero-order chi connectivity index (χ0) is 14.1. The topological polar surface area (TPSA) is 63.0 Å². The van der Waals surface area contributed by atoms with E-state index in [1.54, 1.807) is 0 Å². The molecule has 2 heterocycles. The summed E-state index contributed by atoms with van der Waals surface area (Å²) in [6.45, 7) is 5.14. The van der Waals surface area contributed by atoms with Gasteiger partial charge < -0.3 is 10.4 Å². The minimum absolute atomic E-state index is 0.124. The van der Waals surface area contributed by atoms with E-state index in [0.29, 0.717) is 11.7 Å². The van der Waals surface area contributed by atoms with Crippen LogP contribution in [-0.4, -0.2) is 26.4 Å². The molecule has 1 aromatic heterocycles. The van der Waals surface area contributed by atoms with Gasteiger partial charge in [-0.05, 0) is 23.5 Å². The lowest BCUT2D eigenvalue weighted by Crippen LogP contribution is -2.24. The van der Waals surface area contributed by atoms with Crippen molar-refractivity contribution in [3.63, 3.8) is 0 Å². The molecule has 2 aromatic rings.